The van der Waals surface area contributed by atoms with Crippen LogP contribution in [0, 0.1) is 5.92 Å². The number of hydrogen-bond donors (Lipinski definition) is 7. The summed E-state index contributed by atoms with van der Waals surface area (Å²) in [5.74, 6) is -3.91. The average Bonchev–Trinajstić information content (AvgIpc) is 3.35. The number of amides is 4. The number of phosphoric acid groups is 1. The molecular formula is C25H38N5O10P. The Bertz CT molecular complexity index is 1160. The van der Waals surface area contributed by atoms with Gasteiger partial charge >= 0.3 is 13.8 Å². The monoisotopic (exact) mass is 599 g/mol. The molecule has 4 amide bonds. The van der Waals surface area contributed by atoms with E-state index in [1.807, 2.05) is 13.8 Å². The molecule has 1 fully saturated rings. The number of carbonyl (C=O) groups is 5. The Balaban J connectivity index is 2.08. The normalized spacial score (nSPS) is 17.4. The van der Waals surface area contributed by atoms with Gasteiger partial charge in [0.1, 0.15) is 23.9 Å². The van der Waals surface area contributed by atoms with E-state index in [9.17, 15) is 33.6 Å². The molecule has 1 aliphatic heterocycles. The molecule has 15 nitrogen and oxygen atoms in total. The summed E-state index contributed by atoms with van der Waals surface area (Å²) in [5, 5.41) is 14.5. The number of benzene rings is 1. The Labute approximate surface area is 237 Å². The van der Waals surface area contributed by atoms with Gasteiger partial charge in [0.15, 0.2) is 0 Å². The van der Waals surface area contributed by atoms with Gasteiger partial charge in [0.2, 0.25) is 23.6 Å². The fourth-order valence-corrected chi connectivity index (χ4v) is 4.85. The minimum absolute atomic E-state index is 0.0119. The zero-order chi connectivity index (χ0) is 30.9. The summed E-state index contributed by atoms with van der Waals surface area (Å²) in [6, 6.07) is 1.28. The number of hydrogen-bond acceptors (Lipinski definition) is 8. The third kappa shape index (κ3) is 11.1. The van der Waals surface area contributed by atoms with Crippen LogP contribution in [0.15, 0.2) is 24.3 Å². The number of nitrogens with two attached hydrogens (primary N) is 2. The second-order valence-corrected chi connectivity index (χ2v) is 11.5. The molecule has 0 radical (unpaired) electrons. The van der Waals surface area contributed by atoms with Crippen LogP contribution in [0.3, 0.4) is 0 Å². The van der Waals surface area contributed by atoms with E-state index in [1.54, 1.807) is 0 Å². The fourth-order valence-electron chi connectivity index (χ4n) is 4.46. The maximum Gasteiger partial charge on any atom is 0.524 e. The largest absolute Gasteiger partial charge is 0.524 e. The van der Waals surface area contributed by atoms with Crippen LogP contribution in [0.1, 0.15) is 51.5 Å². The minimum atomic E-state index is -4.71. The lowest BCUT2D eigenvalue weighted by Crippen LogP contribution is -2.57. The summed E-state index contributed by atoms with van der Waals surface area (Å²) in [7, 11) is -4.71. The molecule has 228 valence electrons. The van der Waals surface area contributed by atoms with Crippen LogP contribution in [-0.4, -0.2) is 80.1 Å². The lowest BCUT2D eigenvalue weighted by Gasteiger charge is -2.30. The van der Waals surface area contributed by atoms with Crippen molar-refractivity contribution in [2.24, 2.45) is 17.4 Å². The molecule has 4 atom stereocenters. The van der Waals surface area contributed by atoms with E-state index in [-0.39, 0.29) is 43.9 Å². The molecule has 1 aliphatic rings. The topological polar surface area (TPSA) is 252 Å². The summed E-state index contributed by atoms with van der Waals surface area (Å²) in [5.41, 5.74) is 11.8. The molecule has 0 aromatic heterocycles. The Morgan fingerprint density at radius 3 is 2.27 bits per heavy atom. The van der Waals surface area contributed by atoms with Crippen LogP contribution in [0.25, 0.3) is 0 Å². The van der Waals surface area contributed by atoms with Gasteiger partial charge in [-0.25, -0.2) is 9.36 Å². The highest BCUT2D eigenvalue weighted by Crippen LogP contribution is 2.37. The van der Waals surface area contributed by atoms with Crippen molar-refractivity contribution in [1.29, 1.82) is 0 Å². The van der Waals surface area contributed by atoms with E-state index in [4.69, 9.17) is 21.3 Å². The molecule has 1 aromatic carbocycles. The second-order valence-electron chi connectivity index (χ2n) is 10.3. The first-order valence-electron chi connectivity index (χ1n) is 13.1. The lowest BCUT2D eigenvalue weighted by atomic mass is 10.0. The van der Waals surface area contributed by atoms with E-state index in [2.05, 4.69) is 15.2 Å². The number of carboxylic acid groups (broad SMARTS) is 1. The standard InChI is InChI=1S/C25H38N5O10P/c1-14(2)12-19(29-22(32)17(26)13-15-5-7-16(8-6-15)40-41(37,38)39)24(34)30-11-3-4-20(30)23(33)28-18(25(35)36)9-10-21(27)31/h5-8,14,17-20H,3-4,9-13,26H2,1-2H3,(H2,27,31)(H,28,33)(H,29,32)(H,35,36)(H2,37,38,39)/t17-,18-,19-,20-/m0/s1. The Morgan fingerprint density at radius 1 is 1.10 bits per heavy atom. The van der Waals surface area contributed by atoms with E-state index in [1.165, 1.54) is 29.2 Å². The first-order valence-corrected chi connectivity index (χ1v) is 14.6. The van der Waals surface area contributed by atoms with Gasteiger partial charge in [-0.05, 0) is 55.7 Å². The first-order chi connectivity index (χ1) is 19.1. The predicted octanol–water partition coefficient (Wildman–Crippen LogP) is -0.615. The molecule has 0 bridgehead atoms. The smallest absolute Gasteiger partial charge is 0.480 e. The molecular weight excluding hydrogens is 561 g/mol. The number of nitrogens with one attached hydrogen (secondary N) is 2. The van der Waals surface area contributed by atoms with E-state index < -0.39 is 61.6 Å². The van der Waals surface area contributed by atoms with Gasteiger partial charge in [0, 0.05) is 13.0 Å². The van der Waals surface area contributed by atoms with Gasteiger partial charge in [-0.2, -0.15) is 0 Å². The Hall–Kier alpha value is -3.52. The maximum absolute atomic E-state index is 13.5. The van der Waals surface area contributed by atoms with Crippen molar-refractivity contribution in [1.82, 2.24) is 15.5 Å². The Kier molecular flexibility index (Phi) is 12.3. The molecule has 2 rings (SSSR count). The lowest BCUT2D eigenvalue weighted by molar-refractivity contribution is -0.145. The molecule has 1 heterocycles. The van der Waals surface area contributed by atoms with Crippen LogP contribution >= 0.6 is 7.82 Å². The van der Waals surface area contributed by atoms with Crippen molar-refractivity contribution in [3.8, 4) is 5.75 Å². The summed E-state index contributed by atoms with van der Waals surface area (Å²) in [6.07, 6.45) is 0.670. The summed E-state index contributed by atoms with van der Waals surface area (Å²) in [6.45, 7) is 3.95. The number of primary amides is 1. The van der Waals surface area contributed by atoms with Gasteiger partial charge in [0.05, 0.1) is 6.04 Å². The number of nitrogens with zero attached hydrogens (tertiary/aromatic N) is 1. The number of phosphoric ester groups is 1. The van der Waals surface area contributed by atoms with Gasteiger partial charge in [-0.3, -0.25) is 29.0 Å². The third-order valence-corrected chi connectivity index (χ3v) is 6.84. The van der Waals surface area contributed by atoms with Crippen LogP contribution < -0.4 is 26.6 Å². The molecule has 1 saturated heterocycles. The average molecular weight is 600 g/mol. The predicted molar refractivity (Wildman–Crippen MR) is 145 cm³/mol. The zero-order valence-corrected chi connectivity index (χ0v) is 23.8. The zero-order valence-electron chi connectivity index (χ0n) is 22.9. The molecule has 0 spiro atoms. The van der Waals surface area contributed by atoms with Gasteiger partial charge in [-0.1, -0.05) is 26.0 Å². The number of likely N-dealkylation sites (tertiary alicyclic amines) is 1. The van der Waals surface area contributed by atoms with Crippen LogP contribution in [-0.2, 0) is 35.0 Å². The number of carbonyl (C=O) groups excluding carboxylic acids is 4. The molecule has 0 unspecified atom stereocenters. The molecule has 9 N–H and O–H groups in total. The van der Waals surface area contributed by atoms with Crippen molar-refractivity contribution >= 4 is 37.4 Å². The minimum Gasteiger partial charge on any atom is -0.480 e. The SMILES string of the molecule is CC(C)C[C@H](NC(=O)[C@@H](N)Cc1ccc(OP(=O)(O)O)cc1)C(=O)N1CCC[C@H]1C(=O)N[C@@H](CCC(N)=O)C(=O)O. The molecule has 0 saturated carbocycles. The van der Waals surface area contributed by atoms with Gasteiger partial charge < -0.3 is 36.6 Å². The van der Waals surface area contributed by atoms with Crippen LogP contribution in [0.2, 0.25) is 0 Å². The summed E-state index contributed by atoms with van der Waals surface area (Å²) in [4.78, 5) is 81.2. The first kappa shape index (κ1) is 33.7. The number of aliphatic carboxylic acids is 1. The van der Waals surface area contributed by atoms with E-state index in [0.717, 1.165) is 0 Å². The van der Waals surface area contributed by atoms with Crippen molar-refractivity contribution in [2.45, 2.75) is 76.5 Å². The fraction of sp³-hybridized carbons (Fsp3) is 0.560. The molecule has 16 heteroatoms. The maximum atomic E-state index is 13.5. The molecule has 41 heavy (non-hydrogen) atoms. The molecule has 1 aromatic rings. The third-order valence-electron chi connectivity index (χ3n) is 6.39. The molecule has 0 aliphatic carbocycles. The highest BCUT2D eigenvalue weighted by atomic mass is 31.2. The second kappa shape index (κ2) is 14.9. The quantitative estimate of drug-likeness (QED) is 0.125. The van der Waals surface area contributed by atoms with E-state index >= 15 is 0 Å². The highest BCUT2D eigenvalue weighted by Gasteiger charge is 2.39. The number of carboxylic acids is 1. The van der Waals surface area contributed by atoms with Crippen LogP contribution in [0.4, 0.5) is 0 Å². The van der Waals surface area contributed by atoms with Gasteiger partial charge in [-0.15, -0.1) is 0 Å². The highest BCUT2D eigenvalue weighted by molar-refractivity contribution is 7.46. The van der Waals surface area contributed by atoms with Crippen molar-refractivity contribution in [3.63, 3.8) is 0 Å². The summed E-state index contributed by atoms with van der Waals surface area (Å²) < 4.78 is 15.5. The van der Waals surface area contributed by atoms with Crippen LogP contribution in [0.5, 0.6) is 5.75 Å². The number of rotatable bonds is 15. The van der Waals surface area contributed by atoms with Gasteiger partial charge in [0.25, 0.3) is 0 Å². The Morgan fingerprint density at radius 2 is 1.73 bits per heavy atom. The van der Waals surface area contributed by atoms with Crippen molar-refractivity contribution < 1.29 is 48.0 Å². The van der Waals surface area contributed by atoms with Crippen molar-refractivity contribution in [3.05, 3.63) is 29.8 Å². The van der Waals surface area contributed by atoms with Crippen molar-refractivity contribution in [2.75, 3.05) is 6.54 Å². The summed E-state index contributed by atoms with van der Waals surface area (Å²) >= 11 is 0. The van der Waals surface area contributed by atoms with E-state index in [0.29, 0.717) is 18.4 Å².